The molecule has 0 saturated carbocycles. The molecule has 0 aliphatic rings. The van der Waals surface area contributed by atoms with Gasteiger partial charge in [-0.1, -0.05) is 13.8 Å². The molecule has 1 rings (SSSR count). The lowest BCUT2D eigenvalue weighted by Crippen LogP contribution is -2.17. The summed E-state index contributed by atoms with van der Waals surface area (Å²) in [5.74, 6) is 0.479. The maximum atomic E-state index is 9.05. The Morgan fingerprint density at radius 3 is 2.18 bits per heavy atom. The van der Waals surface area contributed by atoms with Crippen molar-refractivity contribution in [3.63, 3.8) is 0 Å². The molecule has 1 aromatic rings. The van der Waals surface area contributed by atoms with E-state index in [1.54, 1.807) is 0 Å². The van der Waals surface area contributed by atoms with Crippen molar-refractivity contribution in [3.05, 3.63) is 24.5 Å². The summed E-state index contributed by atoms with van der Waals surface area (Å²) in [7, 11) is 0. The van der Waals surface area contributed by atoms with Crippen LogP contribution in [0.25, 0.3) is 0 Å². The molecule has 0 radical (unpaired) electrons. The average molecular weight is 153 g/mol. The second-order valence-corrected chi connectivity index (χ2v) is 3.12. The van der Waals surface area contributed by atoms with Crippen LogP contribution in [0.4, 0.5) is 0 Å². The molecule has 0 amide bonds. The number of nitrogens with zero attached hydrogens (tertiary/aromatic N) is 1. The highest BCUT2D eigenvalue weighted by atomic mass is 16.3. The fraction of sp³-hybridized carbons (Fsp3) is 0.556. The highest BCUT2D eigenvalue weighted by molar-refractivity contribution is 4.93. The Morgan fingerprint density at radius 1 is 1.27 bits per heavy atom. The molecular weight excluding hydrogens is 138 g/mol. The van der Waals surface area contributed by atoms with Crippen LogP contribution in [0.3, 0.4) is 0 Å². The van der Waals surface area contributed by atoms with Gasteiger partial charge < -0.3 is 9.67 Å². The van der Waals surface area contributed by atoms with E-state index in [0.717, 1.165) is 0 Å². The molecule has 1 aromatic heterocycles. The number of aliphatic hydroxyl groups is 1. The first kappa shape index (κ1) is 8.34. The zero-order chi connectivity index (χ0) is 8.27. The normalized spacial score (nSPS) is 13.8. The van der Waals surface area contributed by atoms with Crippen molar-refractivity contribution in [1.29, 1.82) is 0 Å². The summed E-state index contributed by atoms with van der Waals surface area (Å²) in [5.41, 5.74) is 0. The zero-order valence-electron chi connectivity index (χ0n) is 7.07. The molecule has 0 aromatic carbocycles. The second-order valence-electron chi connectivity index (χ2n) is 3.12. The van der Waals surface area contributed by atoms with Gasteiger partial charge in [0.1, 0.15) is 0 Å². The molecule has 62 valence electrons. The van der Waals surface area contributed by atoms with Gasteiger partial charge in [0, 0.05) is 12.4 Å². The van der Waals surface area contributed by atoms with Gasteiger partial charge >= 0.3 is 0 Å². The molecule has 2 nitrogen and oxygen atoms in total. The summed E-state index contributed by atoms with van der Waals surface area (Å²) < 4.78 is 2.05. The Hall–Kier alpha value is -0.760. The van der Waals surface area contributed by atoms with Gasteiger partial charge in [0.2, 0.25) is 0 Å². The van der Waals surface area contributed by atoms with E-state index < -0.39 is 0 Å². The zero-order valence-corrected chi connectivity index (χ0v) is 7.07. The van der Waals surface area contributed by atoms with Gasteiger partial charge in [-0.2, -0.15) is 0 Å². The first-order valence-corrected chi connectivity index (χ1v) is 3.99. The topological polar surface area (TPSA) is 25.2 Å². The largest absolute Gasteiger partial charge is 0.394 e. The van der Waals surface area contributed by atoms with Gasteiger partial charge in [0.05, 0.1) is 12.6 Å². The molecule has 1 unspecified atom stereocenters. The van der Waals surface area contributed by atoms with Crippen molar-refractivity contribution in [2.75, 3.05) is 6.61 Å². The molecular formula is C9H15NO. The van der Waals surface area contributed by atoms with Crippen molar-refractivity contribution in [2.24, 2.45) is 5.92 Å². The van der Waals surface area contributed by atoms with Crippen LogP contribution in [0.15, 0.2) is 24.5 Å². The highest BCUT2D eigenvalue weighted by Crippen LogP contribution is 2.16. The smallest absolute Gasteiger partial charge is 0.0641 e. The number of rotatable bonds is 3. The van der Waals surface area contributed by atoms with Crippen molar-refractivity contribution >= 4 is 0 Å². The standard InChI is InChI=1S/C9H15NO/c1-8(2)9(7-11)10-5-3-4-6-10/h3-6,8-9,11H,7H2,1-2H3. The Balaban J connectivity index is 2.71. The van der Waals surface area contributed by atoms with E-state index in [0.29, 0.717) is 5.92 Å². The summed E-state index contributed by atoms with van der Waals surface area (Å²) >= 11 is 0. The SMILES string of the molecule is CC(C)C(CO)n1cccc1. The molecule has 0 aliphatic carbocycles. The first-order valence-electron chi connectivity index (χ1n) is 3.99. The predicted molar refractivity (Wildman–Crippen MR) is 45.4 cm³/mol. The van der Waals surface area contributed by atoms with Gasteiger partial charge in [-0.05, 0) is 18.1 Å². The molecule has 0 saturated heterocycles. The van der Waals surface area contributed by atoms with Crippen LogP contribution in [-0.2, 0) is 0 Å². The van der Waals surface area contributed by atoms with Crippen molar-refractivity contribution in [1.82, 2.24) is 4.57 Å². The monoisotopic (exact) mass is 153 g/mol. The summed E-state index contributed by atoms with van der Waals surface area (Å²) in [6.07, 6.45) is 3.97. The third kappa shape index (κ3) is 1.84. The van der Waals surface area contributed by atoms with Crippen LogP contribution in [0, 0.1) is 5.92 Å². The maximum Gasteiger partial charge on any atom is 0.0641 e. The van der Waals surface area contributed by atoms with Crippen molar-refractivity contribution in [3.8, 4) is 0 Å². The molecule has 2 heteroatoms. The second kappa shape index (κ2) is 3.58. The van der Waals surface area contributed by atoms with E-state index in [1.807, 2.05) is 29.1 Å². The average Bonchev–Trinajstić information content (AvgIpc) is 2.40. The van der Waals surface area contributed by atoms with E-state index in [2.05, 4.69) is 13.8 Å². The van der Waals surface area contributed by atoms with Gasteiger partial charge in [-0.25, -0.2) is 0 Å². The lowest BCUT2D eigenvalue weighted by Gasteiger charge is -2.19. The molecule has 0 fully saturated rings. The molecule has 1 heterocycles. The van der Waals surface area contributed by atoms with Crippen LogP contribution < -0.4 is 0 Å². The lowest BCUT2D eigenvalue weighted by atomic mass is 10.1. The maximum absolute atomic E-state index is 9.05. The first-order chi connectivity index (χ1) is 5.25. The summed E-state index contributed by atoms with van der Waals surface area (Å²) in [5, 5.41) is 9.05. The van der Waals surface area contributed by atoms with Gasteiger partial charge in [0.25, 0.3) is 0 Å². The Bertz CT molecular complexity index is 191. The van der Waals surface area contributed by atoms with E-state index in [4.69, 9.17) is 5.11 Å². The molecule has 1 N–H and O–H groups in total. The molecule has 0 bridgehead atoms. The van der Waals surface area contributed by atoms with Gasteiger partial charge in [0.15, 0.2) is 0 Å². The van der Waals surface area contributed by atoms with Gasteiger partial charge in [-0.15, -0.1) is 0 Å². The van der Waals surface area contributed by atoms with Crippen molar-refractivity contribution in [2.45, 2.75) is 19.9 Å². The fourth-order valence-electron chi connectivity index (χ4n) is 1.22. The van der Waals surface area contributed by atoms with E-state index in [9.17, 15) is 0 Å². The third-order valence-corrected chi connectivity index (χ3v) is 1.97. The fourth-order valence-corrected chi connectivity index (χ4v) is 1.22. The quantitative estimate of drug-likeness (QED) is 0.702. The molecule has 0 aliphatic heterocycles. The minimum absolute atomic E-state index is 0.215. The summed E-state index contributed by atoms with van der Waals surface area (Å²) in [4.78, 5) is 0. The van der Waals surface area contributed by atoms with Gasteiger partial charge in [-0.3, -0.25) is 0 Å². The van der Waals surface area contributed by atoms with Crippen molar-refractivity contribution < 1.29 is 5.11 Å². The van der Waals surface area contributed by atoms with E-state index >= 15 is 0 Å². The van der Waals surface area contributed by atoms with Crippen LogP contribution in [0.1, 0.15) is 19.9 Å². The Labute approximate surface area is 67.5 Å². The highest BCUT2D eigenvalue weighted by Gasteiger charge is 2.11. The summed E-state index contributed by atoms with van der Waals surface area (Å²) in [6, 6.07) is 4.18. The molecule has 11 heavy (non-hydrogen) atoms. The predicted octanol–water partition coefficient (Wildman–Crippen LogP) is 1.68. The minimum Gasteiger partial charge on any atom is -0.394 e. The minimum atomic E-state index is 0.215. The van der Waals surface area contributed by atoms with Crippen LogP contribution >= 0.6 is 0 Å². The number of aromatic nitrogens is 1. The molecule has 1 atom stereocenters. The Kier molecular flexibility index (Phi) is 2.71. The Morgan fingerprint density at radius 2 is 1.82 bits per heavy atom. The summed E-state index contributed by atoms with van der Waals surface area (Å²) in [6.45, 7) is 4.44. The van der Waals surface area contributed by atoms with Crippen LogP contribution in [0.2, 0.25) is 0 Å². The van der Waals surface area contributed by atoms with Crippen LogP contribution in [0.5, 0.6) is 0 Å². The third-order valence-electron chi connectivity index (χ3n) is 1.97. The number of hydrogen-bond acceptors (Lipinski definition) is 1. The number of hydrogen-bond donors (Lipinski definition) is 1. The van der Waals surface area contributed by atoms with E-state index in [1.165, 1.54) is 0 Å². The van der Waals surface area contributed by atoms with E-state index in [-0.39, 0.29) is 12.6 Å². The van der Waals surface area contributed by atoms with Crippen LogP contribution in [-0.4, -0.2) is 16.3 Å². The number of aliphatic hydroxyl groups excluding tert-OH is 1. The lowest BCUT2D eigenvalue weighted by molar-refractivity contribution is 0.193. The molecule has 0 spiro atoms.